The Morgan fingerprint density at radius 1 is 1.20 bits per heavy atom. The summed E-state index contributed by atoms with van der Waals surface area (Å²) in [6.07, 6.45) is 6.80. The first-order valence-corrected chi connectivity index (χ1v) is 11.3. The van der Waals surface area contributed by atoms with Crippen molar-refractivity contribution in [1.29, 1.82) is 5.26 Å². The molecular formula is C24H34N6. The highest BCUT2D eigenvalue weighted by molar-refractivity contribution is 5.59. The predicted octanol–water partition coefficient (Wildman–Crippen LogP) is 4.71. The molecule has 2 heterocycles. The van der Waals surface area contributed by atoms with Crippen LogP contribution in [0.15, 0.2) is 24.3 Å². The van der Waals surface area contributed by atoms with Crippen molar-refractivity contribution >= 4 is 17.5 Å². The molecule has 1 saturated heterocycles. The third-order valence-corrected chi connectivity index (χ3v) is 5.59. The molecule has 2 aromatic rings. The van der Waals surface area contributed by atoms with Gasteiger partial charge in [0.2, 0.25) is 5.95 Å². The lowest BCUT2D eigenvalue weighted by Gasteiger charge is -2.34. The molecule has 160 valence electrons. The standard InChI is InChI=1S/C24H34N6/c1-4-6-12-26-22-9-7-13-30(17-22)23-15-20(8-5-2)27-24(29-23)28-21-11-10-18(3)19(14-21)16-25/h10-11,14-15,22,26H,4-9,12-13,17H2,1-3H3,(H,27,28,29). The lowest BCUT2D eigenvalue weighted by molar-refractivity contribution is 0.418. The number of rotatable bonds is 9. The number of aromatic nitrogens is 2. The van der Waals surface area contributed by atoms with E-state index in [1.165, 1.54) is 25.7 Å². The topological polar surface area (TPSA) is 76.9 Å². The molecule has 0 radical (unpaired) electrons. The summed E-state index contributed by atoms with van der Waals surface area (Å²) in [5, 5.41) is 16.3. The Bertz CT molecular complexity index is 872. The van der Waals surface area contributed by atoms with Gasteiger partial charge in [-0.15, -0.1) is 0 Å². The molecule has 2 N–H and O–H groups in total. The number of hydrogen-bond donors (Lipinski definition) is 2. The van der Waals surface area contributed by atoms with Crippen LogP contribution in [0, 0.1) is 18.3 Å². The Labute approximate surface area is 180 Å². The van der Waals surface area contributed by atoms with E-state index in [-0.39, 0.29) is 0 Å². The van der Waals surface area contributed by atoms with Crippen molar-refractivity contribution in [2.75, 3.05) is 29.9 Å². The zero-order chi connectivity index (χ0) is 21.3. The summed E-state index contributed by atoms with van der Waals surface area (Å²) < 4.78 is 0. The molecule has 0 aliphatic carbocycles. The molecule has 0 bridgehead atoms. The van der Waals surface area contributed by atoms with Crippen molar-refractivity contribution in [3.8, 4) is 6.07 Å². The van der Waals surface area contributed by atoms with Gasteiger partial charge in [-0.3, -0.25) is 0 Å². The fourth-order valence-electron chi connectivity index (χ4n) is 3.87. The van der Waals surface area contributed by atoms with Crippen LogP contribution >= 0.6 is 0 Å². The minimum absolute atomic E-state index is 0.515. The Kier molecular flexibility index (Phi) is 8.04. The normalized spacial score (nSPS) is 16.3. The molecule has 0 saturated carbocycles. The maximum atomic E-state index is 9.32. The van der Waals surface area contributed by atoms with Crippen LogP contribution in [-0.2, 0) is 6.42 Å². The number of unbranched alkanes of at least 4 members (excludes halogenated alkanes) is 1. The minimum atomic E-state index is 0.515. The maximum Gasteiger partial charge on any atom is 0.229 e. The highest BCUT2D eigenvalue weighted by Crippen LogP contribution is 2.23. The van der Waals surface area contributed by atoms with Crippen LogP contribution in [0.25, 0.3) is 0 Å². The van der Waals surface area contributed by atoms with E-state index in [4.69, 9.17) is 9.97 Å². The average molecular weight is 407 g/mol. The highest BCUT2D eigenvalue weighted by Gasteiger charge is 2.21. The highest BCUT2D eigenvalue weighted by atomic mass is 15.2. The second-order valence-electron chi connectivity index (χ2n) is 8.15. The number of hydrogen-bond acceptors (Lipinski definition) is 6. The van der Waals surface area contributed by atoms with Crippen molar-refractivity contribution in [3.63, 3.8) is 0 Å². The van der Waals surface area contributed by atoms with Crippen LogP contribution in [0.1, 0.15) is 62.8 Å². The molecule has 30 heavy (non-hydrogen) atoms. The fourth-order valence-corrected chi connectivity index (χ4v) is 3.87. The van der Waals surface area contributed by atoms with E-state index >= 15 is 0 Å². The SMILES string of the molecule is CCCCNC1CCCN(c2cc(CCC)nc(Nc3ccc(C)c(C#N)c3)n2)C1. The van der Waals surface area contributed by atoms with Gasteiger partial charge in [0.05, 0.1) is 11.6 Å². The number of benzene rings is 1. The quantitative estimate of drug-likeness (QED) is 0.587. The van der Waals surface area contributed by atoms with Crippen molar-refractivity contribution in [3.05, 3.63) is 41.1 Å². The van der Waals surface area contributed by atoms with Crippen LogP contribution in [0.2, 0.25) is 0 Å². The smallest absolute Gasteiger partial charge is 0.229 e. The van der Waals surface area contributed by atoms with Gasteiger partial charge in [-0.2, -0.15) is 10.2 Å². The third-order valence-electron chi connectivity index (χ3n) is 5.59. The molecule has 1 unspecified atom stereocenters. The molecule has 1 atom stereocenters. The van der Waals surface area contributed by atoms with Crippen LogP contribution in [0.4, 0.5) is 17.5 Å². The van der Waals surface area contributed by atoms with E-state index in [1.807, 2.05) is 25.1 Å². The molecule has 1 aromatic carbocycles. The van der Waals surface area contributed by atoms with E-state index in [0.717, 1.165) is 55.2 Å². The van der Waals surface area contributed by atoms with Crippen molar-refractivity contribution < 1.29 is 0 Å². The molecule has 3 rings (SSSR count). The van der Waals surface area contributed by atoms with Crippen LogP contribution < -0.4 is 15.5 Å². The average Bonchev–Trinajstić information content (AvgIpc) is 2.75. The van der Waals surface area contributed by atoms with Gasteiger partial charge in [-0.05, 0) is 56.8 Å². The Morgan fingerprint density at radius 3 is 2.83 bits per heavy atom. The summed E-state index contributed by atoms with van der Waals surface area (Å²) in [5.41, 5.74) is 3.54. The van der Waals surface area contributed by atoms with Gasteiger partial charge in [0, 0.05) is 36.6 Å². The summed E-state index contributed by atoms with van der Waals surface area (Å²) in [6.45, 7) is 9.43. The van der Waals surface area contributed by atoms with Gasteiger partial charge in [-0.25, -0.2) is 4.98 Å². The Balaban J connectivity index is 1.79. The lowest BCUT2D eigenvalue weighted by atomic mass is 10.1. The molecule has 1 aliphatic rings. The second kappa shape index (κ2) is 10.9. The largest absolute Gasteiger partial charge is 0.355 e. The van der Waals surface area contributed by atoms with Gasteiger partial charge in [0.25, 0.3) is 0 Å². The summed E-state index contributed by atoms with van der Waals surface area (Å²) in [6, 6.07) is 10.7. The van der Waals surface area contributed by atoms with Gasteiger partial charge in [-0.1, -0.05) is 32.8 Å². The van der Waals surface area contributed by atoms with E-state index in [1.54, 1.807) is 0 Å². The Morgan fingerprint density at radius 2 is 2.07 bits per heavy atom. The van der Waals surface area contributed by atoms with Crippen molar-refractivity contribution in [2.45, 2.75) is 65.3 Å². The van der Waals surface area contributed by atoms with Gasteiger partial charge >= 0.3 is 0 Å². The molecule has 6 heteroatoms. The number of nitriles is 1. The lowest BCUT2D eigenvalue weighted by Crippen LogP contribution is -2.46. The zero-order valence-electron chi connectivity index (χ0n) is 18.5. The summed E-state index contributed by atoms with van der Waals surface area (Å²) >= 11 is 0. The predicted molar refractivity (Wildman–Crippen MR) is 123 cm³/mol. The third kappa shape index (κ3) is 5.93. The molecule has 0 amide bonds. The monoisotopic (exact) mass is 406 g/mol. The number of nitrogens with zero attached hydrogens (tertiary/aromatic N) is 4. The molecule has 1 fully saturated rings. The molecule has 1 aromatic heterocycles. The maximum absolute atomic E-state index is 9.32. The first kappa shape index (κ1) is 22.0. The van der Waals surface area contributed by atoms with E-state index in [9.17, 15) is 5.26 Å². The number of nitrogens with one attached hydrogen (secondary N) is 2. The molecule has 6 nitrogen and oxygen atoms in total. The van der Waals surface area contributed by atoms with Gasteiger partial charge in [0.15, 0.2) is 0 Å². The zero-order valence-corrected chi connectivity index (χ0v) is 18.5. The van der Waals surface area contributed by atoms with E-state index in [0.29, 0.717) is 17.6 Å². The fraction of sp³-hybridized carbons (Fsp3) is 0.542. The molecule has 0 spiro atoms. The van der Waals surface area contributed by atoms with Crippen LogP contribution in [-0.4, -0.2) is 35.6 Å². The van der Waals surface area contributed by atoms with Crippen molar-refractivity contribution in [1.82, 2.24) is 15.3 Å². The van der Waals surface area contributed by atoms with Gasteiger partial charge in [0.1, 0.15) is 5.82 Å². The number of anilines is 3. The van der Waals surface area contributed by atoms with Crippen LogP contribution in [0.5, 0.6) is 0 Å². The Hall–Kier alpha value is -2.65. The minimum Gasteiger partial charge on any atom is -0.355 e. The first-order chi connectivity index (χ1) is 14.6. The van der Waals surface area contributed by atoms with E-state index < -0.39 is 0 Å². The van der Waals surface area contributed by atoms with Crippen molar-refractivity contribution in [2.24, 2.45) is 0 Å². The summed E-state index contributed by atoms with van der Waals surface area (Å²) in [4.78, 5) is 11.9. The summed E-state index contributed by atoms with van der Waals surface area (Å²) in [7, 11) is 0. The number of piperidine rings is 1. The van der Waals surface area contributed by atoms with E-state index in [2.05, 4.69) is 41.5 Å². The van der Waals surface area contributed by atoms with Crippen LogP contribution in [0.3, 0.4) is 0 Å². The molecule has 1 aliphatic heterocycles. The van der Waals surface area contributed by atoms with Gasteiger partial charge < -0.3 is 15.5 Å². The number of aryl methyl sites for hydroxylation is 2. The first-order valence-electron chi connectivity index (χ1n) is 11.3. The summed E-state index contributed by atoms with van der Waals surface area (Å²) in [5.74, 6) is 1.59. The molecular weight excluding hydrogens is 372 g/mol. The second-order valence-corrected chi connectivity index (χ2v) is 8.15.